The van der Waals surface area contributed by atoms with Crippen molar-refractivity contribution in [2.45, 2.75) is 39.5 Å². The van der Waals surface area contributed by atoms with Crippen molar-refractivity contribution < 1.29 is 4.74 Å². The van der Waals surface area contributed by atoms with Crippen LogP contribution < -0.4 is 14.5 Å². The lowest BCUT2D eigenvalue weighted by Gasteiger charge is -2.29. The molecule has 0 aromatic heterocycles. The second-order valence-electron chi connectivity index (χ2n) is 7.39. The lowest BCUT2D eigenvalue weighted by molar-refractivity contribution is 0.415. The number of rotatable bonds is 5. The zero-order chi connectivity index (χ0) is 18.8. The number of benzene rings is 2. The number of nitrogens with zero attached hydrogens (tertiary/aromatic N) is 2. The molecule has 0 atom stereocenters. The van der Waals surface area contributed by atoms with E-state index in [1.807, 2.05) is 29.2 Å². The van der Waals surface area contributed by atoms with E-state index in [1.165, 1.54) is 16.8 Å². The van der Waals surface area contributed by atoms with E-state index < -0.39 is 0 Å². The molecule has 1 saturated heterocycles. The average molecular weight is 351 g/mol. The lowest BCUT2D eigenvalue weighted by Crippen LogP contribution is -2.34. The molecule has 2 aromatic rings. The lowest BCUT2D eigenvalue weighted by atomic mass is 9.92. The number of nitrogens with one attached hydrogen (secondary N) is 1. The molecular formula is C22H29N3O. The van der Waals surface area contributed by atoms with Crippen molar-refractivity contribution in [2.75, 3.05) is 30.0 Å². The first-order chi connectivity index (χ1) is 12.5. The molecule has 2 aromatic carbocycles. The van der Waals surface area contributed by atoms with Gasteiger partial charge in [-0.15, -0.1) is 0 Å². The average Bonchev–Trinajstić information content (AvgIpc) is 3.01. The van der Waals surface area contributed by atoms with Crippen molar-refractivity contribution in [1.82, 2.24) is 0 Å². The van der Waals surface area contributed by atoms with Crippen molar-refractivity contribution in [3.63, 3.8) is 0 Å². The van der Waals surface area contributed by atoms with Crippen molar-refractivity contribution >= 4 is 17.3 Å². The van der Waals surface area contributed by atoms with Gasteiger partial charge in [0.1, 0.15) is 5.75 Å². The monoisotopic (exact) mass is 351 g/mol. The van der Waals surface area contributed by atoms with Gasteiger partial charge in [-0.2, -0.15) is 0 Å². The molecule has 3 rings (SSSR count). The standard InChI is InChI=1S/C22H29N3O/c1-15(2)17-9-8-10-18(16(3)4)21(17)25-14-13-24(22(25)23)19-11-6-7-12-20(19)26-5/h6-12,15-16,23H,13-14H2,1-5H3. The van der Waals surface area contributed by atoms with Gasteiger partial charge in [-0.05, 0) is 35.1 Å². The third-order valence-electron chi connectivity index (χ3n) is 5.05. The summed E-state index contributed by atoms with van der Waals surface area (Å²) in [5.41, 5.74) is 4.78. The molecule has 1 heterocycles. The van der Waals surface area contributed by atoms with E-state index in [9.17, 15) is 0 Å². The Labute approximate surface area is 156 Å². The van der Waals surface area contributed by atoms with Gasteiger partial charge in [0.2, 0.25) is 5.96 Å². The molecule has 0 amide bonds. The summed E-state index contributed by atoms with van der Waals surface area (Å²) in [4.78, 5) is 4.21. The van der Waals surface area contributed by atoms with E-state index in [1.54, 1.807) is 7.11 Å². The highest BCUT2D eigenvalue weighted by atomic mass is 16.5. The number of ether oxygens (including phenoxy) is 1. The Balaban J connectivity index is 2.04. The molecule has 0 bridgehead atoms. The van der Waals surface area contributed by atoms with Gasteiger partial charge in [0.05, 0.1) is 18.5 Å². The number of hydrogen-bond donors (Lipinski definition) is 1. The second-order valence-corrected chi connectivity index (χ2v) is 7.39. The van der Waals surface area contributed by atoms with Crippen LogP contribution in [0.15, 0.2) is 42.5 Å². The van der Waals surface area contributed by atoms with E-state index in [4.69, 9.17) is 10.1 Å². The van der Waals surface area contributed by atoms with Crippen LogP contribution in [0.3, 0.4) is 0 Å². The molecule has 4 heteroatoms. The molecule has 1 aliphatic rings. The largest absolute Gasteiger partial charge is 0.495 e. The minimum Gasteiger partial charge on any atom is -0.495 e. The van der Waals surface area contributed by atoms with Gasteiger partial charge in [0, 0.05) is 13.1 Å². The zero-order valence-corrected chi connectivity index (χ0v) is 16.4. The van der Waals surface area contributed by atoms with Gasteiger partial charge in [-0.3, -0.25) is 5.41 Å². The predicted octanol–water partition coefficient (Wildman–Crippen LogP) is 5.20. The Morgan fingerprint density at radius 2 is 1.42 bits per heavy atom. The molecule has 0 unspecified atom stereocenters. The van der Waals surface area contributed by atoms with E-state index in [-0.39, 0.29) is 0 Å². The predicted molar refractivity (Wildman–Crippen MR) is 110 cm³/mol. The van der Waals surface area contributed by atoms with Crippen molar-refractivity contribution in [3.8, 4) is 5.75 Å². The number of guanidine groups is 1. The highest BCUT2D eigenvalue weighted by Crippen LogP contribution is 2.38. The molecule has 0 radical (unpaired) electrons. The summed E-state index contributed by atoms with van der Waals surface area (Å²) in [6.07, 6.45) is 0. The minimum atomic E-state index is 0.414. The number of methoxy groups -OCH3 is 1. The Bertz CT molecular complexity index is 771. The van der Waals surface area contributed by atoms with Crippen molar-refractivity contribution in [1.29, 1.82) is 5.41 Å². The summed E-state index contributed by atoms with van der Waals surface area (Å²) >= 11 is 0. The zero-order valence-electron chi connectivity index (χ0n) is 16.4. The Kier molecular flexibility index (Phi) is 5.21. The molecular weight excluding hydrogens is 322 g/mol. The van der Waals surface area contributed by atoms with Gasteiger partial charge in [0.25, 0.3) is 0 Å². The summed E-state index contributed by atoms with van der Waals surface area (Å²) in [5.74, 6) is 2.15. The van der Waals surface area contributed by atoms with Crippen molar-refractivity contribution in [3.05, 3.63) is 53.6 Å². The van der Waals surface area contributed by atoms with Crippen LogP contribution in [-0.4, -0.2) is 26.2 Å². The second kappa shape index (κ2) is 7.40. The van der Waals surface area contributed by atoms with E-state index in [0.717, 1.165) is 24.5 Å². The maximum absolute atomic E-state index is 8.88. The van der Waals surface area contributed by atoms with Crippen LogP contribution in [-0.2, 0) is 0 Å². The third-order valence-corrected chi connectivity index (χ3v) is 5.05. The van der Waals surface area contributed by atoms with Crippen LogP contribution in [0.4, 0.5) is 11.4 Å². The molecule has 1 fully saturated rings. The first-order valence-electron chi connectivity index (χ1n) is 9.35. The smallest absolute Gasteiger partial charge is 0.203 e. The van der Waals surface area contributed by atoms with Gasteiger partial charge < -0.3 is 14.5 Å². The van der Waals surface area contributed by atoms with Gasteiger partial charge in [-0.1, -0.05) is 58.0 Å². The van der Waals surface area contributed by atoms with Crippen LogP contribution in [0.2, 0.25) is 0 Å². The normalized spacial score (nSPS) is 14.7. The SMILES string of the molecule is COc1ccccc1N1CCN(c2c(C(C)C)cccc2C(C)C)C1=N. The third kappa shape index (κ3) is 3.16. The quantitative estimate of drug-likeness (QED) is 0.804. The molecule has 4 nitrogen and oxygen atoms in total. The van der Waals surface area contributed by atoms with Gasteiger partial charge in [0.15, 0.2) is 0 Å². The van der Waals surface area contributed by atoms with Crippen LogP contribution in [0, 0.1) is 5.41 Å². The highest BCUT2D eigenvalue weighted by molar-refractivity contribution is 6.09. The maximum Gasteiger partial charge on any atom is 0.203 e. The summed E-state index contributed by atoms with van der Waals surface area (Å²) in [6, 6.07) is 14.5. The Hall–Kier alpha value is -2.49. The van der Waals surface area contributed by atoms with Crippen LogP contribution >= 0.6 is 0 Å². The summed E-state index contributed by atoms with van der Waals surface area (Å²) in [7, 11) is 1.68. The van der Waals surface area contributed by atoms with Gasteiger partial charge >= 0.3 is 0 Å². The number of hydrogen-bond acceptors (Lipinski definition) is 2. The summed E-state index contributed by atoms with van der Waals surface area (Å²) in [5, 5.41) is 8.88. The fourth-order valence-corrected chi connectivity index (χ4v) is 3.69. The summed E-state index contributed by atoms with van der Waals surface area (Å²) < 4.78 is 5.51. The van der Waals surface area contributed by atoms with E-state index in [0.29, 0.717) is 17.8 Å². The molecule has 0 saturated carbocycles. The van der Waals surface area contributed by atoms with Crippen LogP contribution in [0.5, 0.6) is 5.75 Å². The topological polar surface area (TPSA) is 39.6 Å². The van der Waals surface area contributed by atoms with Crippen molar-refractivity contribution in [2.24, 2.45) is 0 Å². The van der Waals surface area contributed by atoms with Gasteiger partial charge in [-0.25, -0.2) is 0 Å². The Morgan fingerprint density at radius 1 is 0.846 bits per heavy atom. The fraction of sp³-hybridized carbons (Fsp3) is 0.409. The van der Waals surface area contributed by atoms with E-state index in [2.05, 4.69) is 50.8 Å². The Morgan fingerprint density at radius 3 is 2.00 bits per heavy atom. The molecule has 1 N–H and O–H groups in total. The maximum atomic E-state index is 8.88. The molecule has 0 spiro atoms. The molecule has 1 aliphatic heterocycles. The first kappa shape index (κ1) is 18.3. The minimum absolute atomic E-state index is 0.414. The first-order valence-corrected chi connectivity index (χ1v) is 9.35. The molecule has 26 heavy (non-hydrogen) atoms. The summed E-state index contributed by atoms with van der Waals surface area (Å²) in [6.45, 7) is 10.5. The number of para-hydroxylation sites is 3. The van der Waals surface area contributed by atoms with Crippen LogP contribution in [0.1, 0.15) is 50.7 Å². The fourth-order valence-electron chi connectivity index (χ4n) is 3.69. The number of anilines is 2. The highest BCUT2D eigenvalue weighted by Gasteiger charge is 2.32. The van der Waals surface area contributed by atoms with E-state index >= 15 is 0 Å². The molecule has 0 aliphatic carbocycles. The van der Waals surface area contributed by atoms with Crippen LogP contribution in [0.25, 0.3) is 0 Å². The molecule has 138 valence electrons.